The van der Waals surface area contributed by atoms with E-state index < -0.39 is 0 Å². The lowest BCUT2D eigenvalue weighted by Gasteiger charge is -2.10. The molecule has 1 heterocycles. The highest BCUT2D eigenvalue weighted by Gasteiger charge is 2.19. The first-order chi connectivity index (χ1) is 9.21. The summed E-state index contributed by atoms with van der Waals surface area (Å²) < 4.78 is 12.2. The molecule has 0 aliphatic rings. The predicted molar refractivity (Wildman–Crippen MR) is 70.9 cm³/mol. The molecule has 0 saturated carbocycles. The number of rotatable bonds is 5. The summed E-state index contributed by atoms with van der Waals surface area (Å²) in [5, 5.41) is 0. The van der Waals surface area contributed by atoms with Gasteiger partial charge in [0.15, 0.2) is 5.82 Å². The number of aryl methyl sites for hydroxylation is 1. The second-order valence-electron chi connectivity index (χ2n) is 3.93. The highest BCUT2D eigenvalue weighted by Crippen LogP contribution is 2.26. The first-order valence-electron chi connectivity index (χ1n) is 5.99. The zero-order valence-corrected chi connectivity index (χ0v) is 11.2. The Kier molecular flexibility index (Phi) is 3.85. The van der Waals surface area contributed by atoms with Crippen LogP contribution >= 0.6 is 0 Å². The van der Waals surface area contributed by atoms with Crippen LogP contribution in [0.25, 0.3) is 0 Å². The molecule has 0 atom stereocenters. The van der Waals surface area contributed by atoms with Crippen LogP contribution in [0.2, 0.25) is 0 Å². The average molecular weight is 260 g/mol. The van der Waals surface area contributed by atoms with E-state index in [-0.39, 0.29) is 5.78 Å². The maximum atomic E-state index is 12.5. The Morgan fingerprint density at radius 3 is 2.74 bits per heavy atom. The maximum Gasteiger partial charge on any atom is 0.232 e. The second kappa shape index (κ2) is 5.56. The number of ketones is 1. The molecule has 19 heavy (non-hydrogen) atoms. The topological polar surface area (TPSA) is 53.4 Å². The number of nitrogens with zero attached hydrogens (tertiary/aromatic N) is 2. The Hall–Kier alpha value is -2.30. The minimum atomic E-state index is -0.161. The summed E-state index contributed by atoms with van der Waals surface area (Å²) in [6.45, 7) is 2.66. The molecule has 0 amide bonds. The molecule has 0 aliphatic carbocycles. The smallest absolute Gasteiger partial charge is 0.232 e. The van der Waals surface area contributed by atoms with Crippen molar-refractivity contribution in [3.8, 4) is 11.5 Å². The number of carbonyl (C=O) groups excluding carboxylic acids is 1. The molecule has 0 saturated heterocycles. The van der Waals surface area contributed by atoms with Gasteiger partial charge in [0.1, 0.15) is 11.5 Å². The first kappa shape index (κ1) is 13.1. The largest absolute Gasteiger partial charge is 0.497 e. The van der Waals surface area contributed by atoms with Crippen LogP contribution in [0, 0.1) is 0 Å². The highest BCUT2D eigenvalue weighted by atomic mass is 16.5. The van der Waals surface area contributed by atoms with Crippen molar-refractivity contribution in [3.05, 3.63) is 42.0 Å². The quantitative estimate of drug-likeness (QED) is 0.773. The molecule has 100 valence electrons. The molecule has 0 unspecified atom stereocenters. The van der Waals surface area contributed by atoms with E-state index in [1.807, 2.05) is 6.92 Å². The molecule has 0 N–H and O–H groups in total. The van der Waals surface area contributed by atoms with Gasteiger partial charge >= 0.3 is 0 Å². The van der Waals surface area contributed by atoms with Crippen molar-refractivity contribution in [2.45, 2.75) is 13.5 Å². The Labute approximate surface area is 111 Å². The Morgan fingerprint density at radius 2 is 2.11 bits per heavy atom. The van der Waals surface area contributed by atoms with E-state index in [4.69, 9.17) is 9.47 Å². The summed E-state index contributed by atoms with van der Waals surface area (Å²) >= 11 is 0. The highest BCUT2D eigenvalue weighted by molar-refractivity contribution is 6.08. The molecule has 0 aliphatic heterocycles. The van der Waals surface area contributed by atoms with Gasteiger partial charge in [-0.2, -0.15) is 0 Å². The Bertz CT molecular complexity index is 590. The molecule has 5 nitrogen and oxygen atoms in total. The van der Waals surface area contributed by atoms with Gasteiger partial charge in [-0.05, 0) is 19.1 Å². The molecular formula is C14H16N2O3. The van der Waals surface area contributed by atoms with Crippen LogP contribution in [-0.4, -0.2) is 29.6 Å². The summed E-state index contributed by atoms with van der Waals surface area (Å²) in [5.74, 6) is 1.37. The zero-order valence-electron chi connectivity index (χ0n) is 11.2. The average Bonchev–Trinajstić information content (AvgIpc) is 2.94. The van der Waals surface area contributed by atoms with Gasteiger partial charge in [-0.3, -0.25) is 4.79 Å². The van der Waals surface area contributed by atoms with Crippen molar-refractivity contribution in [3.63, 3.8) is 0 Å². The van der Waals surface area contributed by atoms with E-state index in [2.05, 4.69) is 4.98 Å². The van der Waals surface area contributed by atoms with Gasteiger partial charge < -0.3 is 14.0 Å². The summed E-state index contributed by atoms with van der Waals surface area (Å²) in [7, 11) is 3.10. The van der Waals surface area contributed by atoms with Gasteiger partial charge in [0.05, 0.1) is 19.8 Å². The number of hydrogen-bond acceptors (Lipinski definition) is 4. The van der Waals surface area contributed by atoms with Crippen molar-refractivity contribution in [2.24, 2.45) is 0 Å². The fraction of sp³-hybridized carbons (Fsp3) is 0.286. The van der Waals surface area contributed by atoms with E-state index in [1.54, 1.807) is 42.3 Å². The minimum absolute atomic E-state index is 0.161. The van der Waals surface area contributed by atoms with Crippen LogP contribution in [0.5, 0.6) is 11.5 Å². The van der Waals surface area contributed by atoms with Gasteiger partial charge in [-0.1, -0.05) is 0 Å². The summed E-state index contributed by atoms with van der Waals surface area (Å²) in [4.78, 5) is 16.6. The van der Waals surface area contributed by atoms with Gasteiger partial charge in [0.2, 0.25) is 5.78 Å². The number of methoxy groups -OCH3 is 2. The number of ether oxygens (including phenoxy) is 2. The van der Waals surface area contributed by atoms with Crippen molar-refractivity contribution < 1.29 is 14.3 Å². The molecular weight excluding hydrogens is 244 g/mol. The van der Waals surface area contributed by atoms with Crippen molar-refractivity contribution in [1.29, 1.82) is 0 Å². The van der Waals surface area contributed by atoms with Crippen molar-refractivity contribution in [2.75, 3.05) is 14.2 Å². The molecule has 2 rings (SSSR count). The molecule has 2 aromatic rings. The fourth-order valence-electron chi connectivity index (χ4n) is 1.88. The number of imidazole rings is 1. The van der Waals surface area contributed by atoms with Gasteiger partial charge in [-0.15, -0.1) is 0 Å². The number of benzene rings is 1. The predicted octanol–water partition coefficient (Wildman–Crippen LogP) is 2.15. The third-order valence-electron chi connectivity index (χ3n) is 2.91. The standard InChI is InChI=1S/C14H16N2O3/c1-4-16-8-7-15-14(16)13(17)11-6-5-10(18-2)9-12(11)19-3/h5-9H,4H2,1-3H3. The normalized spacial score (nSPS) is 10.3. The van der Waals surface area contributed by atoms with Crippen LogP contribution in [0.1, 0.15) is 23.1 Å². The molecule has 1 aromatic carbocycles. The molecule has 0 bridgehead atoms. The molecule has 1 aromatic heterocycles. The number of aromatic nitrogens is 2. The van der Waals surface area contributed by atoms with E-state index in [1.165, 1.54) is 7.11 Å². The third kappa shape index (κ3) is 2.45. The van der Waals surface area contributed by atoms with Crippen molar-refractivity contribution in [1.82, 2.24) is 9.55 Å². The molecule has 0 radical (unpaired) electrons. The van der Waals surface area contributed by atoms with Crippen LogP contribution < -0.4 is 9.47 Å². The van der Waals surface area contributed by atoms with Gasteiger partial charge in [-0.25, -0.2) is 4.98 Å². The lowest BCUT2D eigenvalue weighted by molar-refractivity contribution is 0.102. The fourth-order valence-corrected chi connectivity index (χ4v) is 1.88. The monoisotopic (exact) mass is 260 g/mol. The lowest BCUT2D eigenvalue weighted by atomic mass is 10.1. The maximum absolute atomic E-state index is 12.5. The Morgan fingerprint density at radius 1 is 1.32 bits per heavy atom. The summed E-state index contributed by atoms with van der Waals surface area (Å²) in [6, 6.07) is 5.11. The first-order valence-corrected chi connectivity index (χ1v) is 5.99. The van der Waals surface area contributed by atoms with Crippen LogP contribution in [-0.2, 0) is 6.54 Å². The van der Waals surface area contributed by atoms with E-state index in [9.17, 15) is 4.79 Å². The number of hydrogen-bond donors (Lipinski definition) is 0. The zero-order chi connectivity index (χ0) is 13.8. The molecule has 0 spiro atoms. The molecule has 0 fully saturated rings. The van der Waals surface area contributed by atoms with Crippen LogP contribution in [0.15, 0.2) is 30.6 Å². The van der Waals surface area contributed by atoms with E-state index in [0.29, 0.717) is 29.4 Å². The van der Waals surface area contributed by atoms with Crippen LogP contribution in [0.4, 0.5) is 0 Å². The van der Waals surface area contributed by atoms with E-state index >= 15 is 0 Å². The SMILES string of the molecule is CCn1ccnc1C(=O)c1ccc(OC)cc1OC. The minimum Gasteiger partial charge on any atom is -0.497 e. The van der Waals surface area contributed by atoms with Gasteiger partial charge in [0.25, 0.3) is 0 Å². The van der Waals surface area contributed by atoms with Crippen molar-refractivity contribution >= 4 is 5.78 Å². The lowest BCUT2D eigenvalue weighted by Crippen LogP contribution is -2.11. The third-order valence-corrected chi connectivity index (χ3v) is 2.91. The second-order valence-corrected chi connectivity index (χ2v) is 3.93. The summed E-state index contributed by atoms with van der Waals surface area (Å²) in [5.41, 5.74) is 0.476. The Balaban J connectivity index is 2.44. The van der Waals surface area contributed by atoms with Gasteiger partial charge in [0, 0.05) is 25.0 Å². The van der Waals surface area contributed by atoms with Crippen LogP contribution in [0.3, 0.4) is 0 Å². The molecule has 5 heteroatoms. The summed E-state index contributed by atoms with van der Waals surface area (Å²) in [6.07, 6.45) is 3.40. The van der Waals surface area contributed by atoms with E-state index in [0.717, 1.165) is 0 Å². The number of carbonyl (C=O) groups is 1.